The monoisotopic (exact) mass is 225 g/mol. The molecule has 0 atom stereocenters. The number of hydrogen-bond donors (Lipinski definition) is 1. The summed E-state index contributed by atoms with van der Waals surface area (Å²) in [5.41, 5.74) is 3.68. The van der Waals surface area contributed by atoms with Crippen molar-refractivity contribution >= 4 is 12.0 Å². The van der Waals surface area contributed by atoms with Gasteiger partial charge in [0.1, 0.15) is 0 Å². The summed E-state index contributed by atoms with van der Waals surface area (Å²) in [6, 6.07) is 8.15. The van der Waals surface area contributed by atoms with E-state index in [4.69, 9.17) is 5.11 Å². The standard InChI is InChI=1S/C14H11NO2/c16-14(17)11-5-6-15-9-12-4-2-1-3-10(12)7-13(15)8-11/h1-8H,9H2,(H,16,17). The van der Waals surface area contributed by atoms with Crippen LogP contribution in [0, 0.1) is 0 Å². The number of allylic oxidation sites excluding steroid dienone is 1. The Kier molecular flexibility index (Phi) is 2.11. The number of carboxylic acids is 1. The molecule has 84 valence electrons. The van der Waals surface area contributed by atoms with E-state index >= 15 is 0 Å². The number of aliphatic carboxylic acids is 1. The molecule has 0 aromatic heterocycles. The maximum atomic E-state index is 10.9. The van der Waals surface area contributed by atoms with Gasteiger partial charge in [-0.3, -0.25) is 0 Å². The molecule has 3 rings (SSSR count). The molecule has 0 unspecified atom stereocenters. The second-order valence-corrected chi connectivity index (χ2v) is 4.12. The third-order valence-corrected chi connectivity index (χ3v) is 3.02. The summed E-state index contributed by atoms with van der Waals surface area (Å²) in [6.07, 6.45) is 7.18. The van der Waals surface area contributed by atoms with Crippen LogP contribution in [0.3, 0.4) is 0 Å². The number of fused-ring (bicyclic) bond motifs is 2. The van der Waals surface area contributed by atoms with Gasteiger partial charge in [0.25, 0.3) is 0 Å². The Bertz CT molecular complexity index is 582. The molecule has 1 N–H and O–H groups in total. The van der Waals surface area contributed by atoms with E-state index in [1.165, 1.54) is 5.56 Å². The van der Waals surface area contributed by atoms with E-state index in [1.807, 2.05) is 30.5 Å². The van der Waals surface area contributed by atoms with E-state index in [0.29, 0.717) is 5.57 Å². The minimum atomic E-state index is -0.888. The maximum Gasteiger partial charge on any atom is 0.335 e. The predicted molar refractivity (Wildman–Crippen MR) is 64.8 cm³/mol. The summed E-state index contributed by atoms with van der Waals surface area (Å²) in [5.74, 6) is -0.888. The highest BCUT2D eigenvalue weighted by molar-refractivity contribution is 5.91. The second-order valence-electron chi connectivity index (χ2n) is 4.12. The number of carbonyl (C=O) groups is 1. The Balaban J connectivity index is 2.07. The highest BCUT2D eigenvalue weighted by Crippen LogP contribution is 2.28. The van der Waals surface area contributed by atoms with Gasteiger partial charge in [0.05, 0.1) is 5.57 Å². The molecule has 0 radical (unpaired) electrons. The lowest BCUT2D eigenvalue weighted by Gasteiger charge is -2.29. The zero-order valence-electron chi connectivity index (χ0n) is 9.13. The zero-order valence-corrected chi connectivity index (χ0v) is 9.13. The van der Waals surface area contributed by atoms with Gasteiger partial charge in [-0.2, -0.15) is 0 Å². The first-order valence-corrected chi connectivity index (χ1v) is 5.43. The van der Waals surface area contributed by atoms with Crippen LogP contribution in [-0.4, -0.2) is 16.0 Å². The van der Waals surface area contributed by atoms with Crippen LogP contribution in [0.2, 0.25) is 0 Å². The number of benzene rings is 1. The third-order valence-electron chi connectivity index (χ3n) is 3.02. The average Bonchev–Trinajstić information content (AvgIpc) is 2.35. The van der Waals surface area contributed by atoms with Crippen LogP contribution in [0.5, 0.6) is 0 Å². The largest absolute Gasteiger partial charge is 0.478 e. The van der Waals surface area contributed by atoms with E-state index in [2.05, 4.69) is 11.0 Å². The fourth-order valence-electron chi connectivity index (χ4n) is 2.11. The van der Waals surface area contributed by atoms with Gasteiger partial charge in [0.15, 0.2) is 0 Å². The summed E-state index contributed by atoms with van der Waals surface area (Å²) >= 11 is 0. The van der Waals surface area contributed by atoms with Crippen LogP contribution in [-0.2, 0) is 11.3 Å². The van der Waals surface area contributed by atoms with Gasteiger partial charge in [0, 0.05) is 18.4 Å². The molecule has 1 aromatic carbocycles. The highest BCUT2D eigenvalue weighted by Gasteiger charge is 2.19. The van der Waals surface area contributed by atoms with Crippen molar-refractivity contribution in [3.05, 3.63) is 65.0 Å². The molecule has 2 heterocycles. The molecular weight excluding hydrogens is 214 g/mol. The SMILES string of the molecule is O=C(O)C1=CC2=Cc3ccccc3CN2C=C1. The molecule has 1 aromatic rings. The van der Waals surface area contributed by atoms with Crippen LogP contribution in [0.25, 0.3) is 6.08 Å². The second kappa shape index (κ2) is 3.63. The summed E-state index contributed by atoms with van der Waals surface area (Å²) in [4.78, 5) is 13.0. The Labute approximate surface area is 99.0 Å². The molecule has 0 spiro atoms. The van der Waals surface area contributed by atoms with E-state index < -0.39 is 5.97 Å². The minimum absolute atomic E-state index is 0.326. The lowest BCUT2D eigenvalue weighted by Crippen LogP contribution is -2.22. The van der Waals surface area contributed by atoms with Gasteiger partial charge in [0.2, 0.25) is 0 Å². The van der Waals surface area contributed by atoms with Crippen LogP contribution in [0.4, 0.5) is 0 Å². The van der Waals surface area contributed by atoms with Crippen molar-refractivity contribution in [2.45, 2.75) is 6.54 Å². The molecule has 0 bridgehead atoms. The number of nitrogens with zero attached hydrogens (tertiary/aromatic N) is 1. The summed E-state index contributed by atoms with van der Waals surface area (Å²) in [5, 5.41) is 8.96. The Morgan fingerprint density at radius 3 is 2.88 bits per heavy atom. The normalized spacial score (nSPS) is 16.8. The first-order chi connectivity index (χ1) is 8.24. The van der Waals surface area contributed by atoms with Crippen molar-refractivity contribution in [3.63, 3.8) is 0 Å². The van der Waals surface area contributed by atoms with Gasteiger partial charge in [-0.25, -0.2) is 4.79 Å². The number of carboxylic acid groups (broad SMARTS) is 1. The summed E-state index contributed by atoms with van der Waals surface area (Å²) in [7, 11) is 0. The Morgan fingerprint density at radius 1 is 1.24 bits per heavy atom. The first kappa shape index (κ1) is 9.90. The van der Waals surface area contributed by atoms with Crippen molar-refractivity contribution in [1.82, 2.24) is 4.90 Å². The summed E-state index contributed by atoms with van der Waals surface area (Å²) < 4.78 is 0. The van der Waals surface area contributed by atoms with Gasteiger partial charge in [-0.05, 0) is 29.4 Å². The van der Waals surface area contributed by atoms with Gasteiger partial charge >= 0.3 is 5.97 Å². The molecule has 0 saturated carbocycles. The van der Waals surface area contributed by atoms with Crippen molar-refractivity contribution < 1.29 is 9.90 Å². The van der Waals surface area contributed by atoms with Gasteiger partial charge in [-0.15, -0.1) is 0 Å². The predicted octanol–water partition coefficient (Wildman–Crippen LogP) is 2.38. The smallest absolute Gasteiger partial charge is 0.335 e. The molecule has 0 aliphatic carbocycles. The first-order valence-electron chi connectivity index (χ1n) is 5.43. The fraction of sp³-hybridized carbons (Fsp3) is 0.0714. The number of rotatable bonds is 1. The molecule has 3 nitrogen and oxygen atoms in total. The van der Waals surface area contributed by atoms with Gasteiger partial charge in [-0.1, -0.05) is 24.3 Å². The zero-order chi connectivity index (χ0) is 11.8. The fourth-order valence-corrected chi connectivity index (χ4v) is 2.11. The summed E-state index contributed by atoms with van der Waals surface area (Å²) in [6.45, 7) is 0.794. The van der Waals surface area contributed by atoms with Crippen molar-refractivity contribution in [2.24, 2.45) is 0 Å². The highest BCUT2D eigenvalue weighted by atomic mass is 16.4. The molecule has 0 saturated heterocycles. The molecule has 0 fully saturated rings. The van der Waals surface area contributed by atoms with E-state index in [9.17, 15) is 4.79 Å². The quantitative estimate of drug-likeness (QED) is 0.797. The lowest BCUT2D eigenvalue weighted by molar-refractivity contribution is -0.132. The third kappa shape index (κ3) is 1.65. The Hall–Kier alpha value is -2.29. The van der Waals surface area contributed by atoms with E-state index in [-0.39, 0.29) is 0 Å². The molecule has 2 aliphatic rings. The van der Waals surface area contributed by atoms with Crippen LogP contribution in [0.1, 0.15) is 11.1 Å². The van der Waals surface area contributed by atoms with Gasteiger partial charge < -0.3 is 10.0 Å². The van der Waals surface area contributed by atoms with Crippen molar-refractivity contribution in [1.29, 1.82) is 0 Å². The lowest BCUT2D eigenvalue weighted by atomic mass is 9.99. The topological polar surface area (TPSA) is 40.5 Å². The molecule has 3 heteroatoms. The number of hydrogen-bond acceptors (Lipinski definition) is 2. The molecular formula is C14H11NO2. The van der Waals surface area contributed by atoms with Crippen LogP contribution < -0.4 is 0 Å². The maximum absolute atomic E-state index is 10.9. The average molecular weight is 225 g/mol. The van der Waals surface area contributed by atoms with Crippen molar-refractivity contribution in [2.75, 3.05) is 0 Å². The van der Waals surface area contributed by atoms with E-state index in [0.717, 1.165) is 17.8 Å². The molecule has 2 aliphatic heterocycles. The van der Waals surface area contributed by atoms with Crippen LogP contribution >= 0.6 is 0 Å². The van der Waals surface area contributed by atoms with Crippen molar-refractivity contribution in [3.8, 4) is 0 Å². The Morgan fingerprint density at radius 2 is 2.06 bits per heavy atom. The molecule has 0 amide bonds. The van der Waals surface area contributed by atoms with Crippen LogP contribution in [0.15, 0.2) is 53.9 Å². The molecule has 17 heavy (non-hydrogen) atoms. The van der Waals surface area contributed by atoms with E-state index in [1.54, 1.807) is 12.2 Å². The minimum Gasteiger partial charge on any atom is -0.478 e.